The molecule has 0 spiro atoms. The minimum Gasteiger partial charge on any atom is -0.296 e. The second-order valence-corrected chi connectivity index (χ2v) is 6.36. The van der Waals surface area contributed by atoms with Gasteiger partial charge in [-0.1, -0.05) is 27.7 Å². The summed E-state index contributed by atoms with van der Waals surface area (Å²) in [5.74, 6) is 5.92. The van der Waals surface area contributed by atoms with E-state index in [0.717, 1.165) is 30.4 Å². The van der Waals surface area contributed by atoms with E-state index in [0.29, 0.717) is 0 Å². The van der Waals surface area contributed by atoms with Crippen molar-refractivity contribution in [2.75, 3.05) is 13.1 Å². The topological polar surface area (TPSA) is 41.3 Å². The molecule has 1 atom stereocenters. The van der Waals surface area contributed by atoms with Gasteiger partial charge in [-0.3, -0.25) is 16.2 Å². The van der Waals surface area contributed by atoms with Crippen LogP contribution in [0.1, 0.15) is 52.1 Å². The lowest BCUT2D eigenvalue weighted by Gasteiger charge is -2.47. The predicted octanol–water partition coefficient (Wildman–Crippen LogP) is 3.92. The number of likely N-dealkylation sites (N-methyl/N-ethyl adjacent to an activating group) is 1. The molecule has 0 bridgehead atoms. The molecule has 1 aromatic heterocycles. The number of thiophene rings is 1. The minimum absolute atomic E-state index is 0.0574. The maximum Gasteiger partial charge on any atom is 0.0662 e. The number of nitrogens with two attached hydrogens (primary N) is 1. The molecule has 5 heteroatoms. The van der Waals surface area contributed by atoms with Gasteiger partial charge in [-0.25, -0.2) is 0 Å². The van der Waals surface area contributed by atoms with Crippen molar-refractivity contribution in [2.24, 2.45) is 5.84 Å². The lowest BCUT2D eigenvalue weighted by atomic mass is 9.80. The monoisotopic (exact) mass is 347 g/mol. The fourth-order valence-corrected chi connectivity index (χ4v) is 4.73. The highest BCUT2D eigenvalue weighted by molar-refractivity contribution is 9.10. The smallest absolute Gasteiger partial charge is 0.0662 e. The van der Waals surface area contributed by atoms with Crippen molar-refractivity contribution >= 4 is 27.3 Å². The van der Waals surface area contributed by atoms with Crippen LogP contribution < -0.4 is 11.3 Å². The Morgan fingerprint density at radius 2 is 1.84 bits per heavy atom. The van der Waals surface area contributed by atoms with E-state index in [2.05, 4.69) is 64.7 Å². The fraction of sp³-hybridized carbons (Fsp3) is 0.714. The first-order valence-corrected chi connectivity index (χ1v) is 8.77. The van der Waals surface area contributed by atoms with Crippen LogP contribution >= 0.6 is 27.3 Å². The SMILES string of the molecule is CCN(CC)C(CC)(CC)C(NN)c1cscc1Br. The van der Waals surface area contributed by atoms with Gasteiger partial charge in [0.05, 0.1) is 6.04 Å². The van der Waals surface area contributed by atoms with Gasteiger partial charge in [0.1, 0.15) is 0 Å². The first-order valence-electron chi connectivity index (χ1n) is 7.03. The average Bonchev–Trinajstić information content (AvgIpc) is 2.85. The zero-order valence-corrected chi connectivity index (χ0v) is 14.8. The van der Waals surface area contributed by atoms with Crippen LogP contribution in [0.3, 0.4) is 0 Å². The predicted molar refractivity (Wildman–Crippen MR) is 88.3 cm³/mol. The van der Waals surface area contributed by atoms with E-state index < -0.39 is 0 Å². The summed E-state index contributed by atoms with van der Waals surface area (Å²) < 4.78 is 1.15. The highest BCUT2D eigenvalue weighted by Crippen LogP contribution is 2.40. The number of halogens is 1. The molecule has 0 aromatic carbocycles. The molecule has 0 fully saturated rings. The van der Waals surface area contributed by atoms with Crippen LogP contribution in [0.2, 0.25) is 0 Å². The molecule has 1 aromatic rings. The Morgan fingerprint density at radius 3 is 2.16 bits per heavy atom. The van der Waals surface area contributed by atoms with Crippen molar-refractivity contribution in [1.29, 1.82) is 0 Å². The van der Waals surface area contributed by atoms with Crippen molar-refractivity contribution in [3.8, 4) is 0 Å². The molecule has 0 aliphatic heterocycles. The van der Waals surface area contributed by atoms with Gasteiger partial charge >= 0.3 is 0 Å². The molecule has 19 heavy (non-hydrogen) atoms. The Balaban J connectivity index is 3.25. The largest absolute Gasteiger partial charge is 0.296 e. The molecule has 3 nitrogen and oxygen atoms in total. The number of nitrogens with one attached hydrogen (secondary N) is 1. The normalized spacial score (nSPS) is 14.1. The van der Waals surface area contributed by atoms with E-state index >= 15 is 0 Å². The van der Waals surface area contributed by atoms with Crippen LogP contribution in [0.15, 0.2) is 15.2 Å². The Kier molecular flexibility index (Phi) is 6.97. The number of nitrogens with zero attached hydrogens (tertiary/aromatic N) is 1. The average molecular weight is 348 g/mol. The summed E-state index contributed by atoms with van der Waals surface area (Å²) in [5, 5.41) is 4.32. The van der Waals surface area contributed by atoms with Crippen molar-refractivity contribution in [1.82, 2.24) is 10.3 Å². The highest BCUT2D eigenvalue weighted by atomic mass is 79.9. The standard InChI is InChI=1S/C14H26BrN3S/c1-5-14(6-2,18(7-3)8-4)13(17-16)11-9-19-10-12(11)15/h9-10,13,17H,5-8,16H2,1-4H3. The maximum atomic E-state index is 5.92. The van der Waals surface area contributed by atoms with E-state index in [1.807, 2.05) is 0 Å². The lowest BCUT2D eigenvalue weighted by Crippen LogP contribution is -2.57. The number of hydrogen-bond donors (Lipinski definition) is 2. The number of hydrogen-bond acceptors (Lipinski definition) is 4. The Labute approximate surface area is 129 Å². The van der Waals surface area contributed by atoms with Crippen LogP contribution in [-0.4, -0.2) is 23.5 Å². The highest BCUT2D eigenvalue weighted by Gasteiger charge is 2.41. The van der Waals surface area contributed by atoms with E-state index in [1.165, 1.54) is 5.56 Å². The van der Waals surface area contributed by atoms with Crippen LogP contribution in [0.25, 0.3) is 0 Å². The van der Waals surface area contributed by atoms with Crippen LogP contribution in [0.4, 0.5) is 0 Å². The lowest BCUT2D eigenvalue weighted by molar-refractivity contribution is 0.0486. The van der Waals surface area contributed by atoms with Gasteiger partial charge in [-0.05, 0) is 52.8 Å². The quantitative estimate of drug-likeness (QED) is 0.553. The zero-order chi connectivity index (χ0) is 14.5. The molecule has 0 saturated carbocycles. The Bertz CT molecular complexity index is 373. The fourth-order valence-electron chi connectivity index (χ4n) is 3.17. The molecule has 1 unspecified atom stereocenters. The summed E-state index contributed by atoms with van der Waals surface area (Å²) in [5.41, 5.74) is 4.40. The number of rotatable bonds is 8. The van der Waals surface area contributed by atoms with E-state index in [9.17, 15) is 0 Å². The Hall–Kier alpha value is 0.0600. The summed E-state index contributed by atoms with van der Waals surface area (Å²) >= 11 is 5.36. The van der Waals surface area contributed by atoms with Crippen molar-refractivity contribution in [3.63, 3.8) is 0 Å². The minimum atomic E-state index is 0.0574. The van der Waals surface area contributed by atoms with E-state index in [4.69, 9.17) is 5.84 Å². The second-order valence-electron chi connectivity index (χ2n) is 4.76. The van der Waals surface area contributed by atoms with Crippen molar-refractivity contribution in [2.45, 2.75) is 52.1 Å². The molecule has 110 valence electrons. The summed E-state index contributed by atoms with van der Waals surface area (Å²) in [7, 11) is 0. The molecule has 0 radical (unpaired) electrons. The summed E-state index contributed by atoms with van der Waals surface area (Å²) in [6.45, 7) is 11.0. The van der Waals surface area contributed by atoms with Crippen molar-refractivity contribution in [3.05, 3.63) is 20.8 Å². The third kappa shape index (κ3) is 3.22. The molecular formula is C14H26BrN3S. The maximum absolute atomic E-state index is 5.92. The van der Waals surface area contributed by atoms with Gasteiger partial charge < -0.3 is 0 Å². The molecular weight excluding hydrogens is 322 g/mol. The molecule has 1 rings (SSSR count). The molecule has 0 aliphatic rings. The second kappa shape index (κ2) is 7.74. The molecule has 1 heterocycles. The first-order chi connectivity index (χ1) is 9.11. The third-order valence-electron chi connectivity index (χ3n) is 4.28. The van der Waals surface area contributed by atoms with Gasteiger partial charge in [0, 0.05) is 15.4 Å². The summed E-state index contributed by atoms with van der Waals surface area (Å²) in [4.78, 5) is 2.53. The Morgan fingerprint density at radius 1 is 1.26 bits per heavy atom. The zero-order valence-electron chi connectivity index (χ0n) is 12.4. The molecule has 3 N–H and O–H groups in total. The first kappa shape index (κ1) is 17.1. The van der Waals surface area contributed by atoms with Crippen LogP contribution in [-0.2, 0) is 0 Å². The summed E-state index contributed by atoms with van der Waals surface area (Å²) in [6.07, 6.45) is 2.14. The van der Waals surface area contributed by atoms with Crippen LogP contribution in [0, 0.1) is 0 Å². The van der Waals surface area contributed by atoms with E-state index in [-0.39, 0.29) is 11.6 Å². The van der Waals surface area contributed by atoms with Gasteiger partial charge in [0.15, 0.2) is 0 Å². The van der Waals surface area contributed by atoms with Gasteiger partial charge in [0.2, 0.25) is 0 Å². The molecule has 0 saturated heterocycles. The van der Waals surface area contributed by atoms with Crippen molar-refractivity contribution < 1.29 is 0 Å². The molecule has 0 aliphatic carbocycles. The van der Waals surface area contributed by atoms with Crippen LogP contribution in [0.5, 0.6) is 0 Å². The van der Waals surface area contributed by atoms with Gasteiger partial charge in [-0.15, -0.1) is 0 Å². The third-order valence-corrected chi connectivity index (χ3v) is 6.03. The molecule has 0 amide bonds. The van der Waals surface area contributed by atoms with Gasteiger partial charge in [-0.2, -0.15) is 11.3 Å². The van der Waals surface area contributed by atoms with Gasteiger partial charge in [0.25, 0.3) is 0 Å². The summed E-state index contributed by atoms with van der Waals surface area (Å²) in [6, 6.07) is 0.142. The number of hydrazine groups is 1. The van der Waals surface area contributed by atoms with E-state index in [1.54, 1.807) is 11.3 Å².